The van der Waals surface area contributed by atoms with Gasteiger partial charge in [-0.2, -0.15) is 0 Å². The minimum absolute atomic E-state index is 0.0502. The van der Waals surface area contributed by atoms with E-state index in [-0.39, 0.29) is 25.0 Å². The van der Waals surface area contributed by atoms with E-state index in [0.717, 1.165) is 0 Å². The summed E-state index contributed by atoms with van der Waals surface area (Å²) in [7, 11) is 0. The third kappa shape index (κ3) is 3.92. The lowest BCUT2D eigenvalue weighted by molar-refractivity contribution is -0.300. The van der Waals surface area contributed by atoms with Gasteiger partial charge in [-0.05, 0) is 0 Å². The summed E-state index contributed by atoms with van der Waals surface area (Å²) in [4.78, 5) is 11.7. The van der Waals surface area contributed by atoms with Crippen LogP contribution in [0.4, 0.5) is 0 Å². The van der Waals surface area contributed by atoms with E-state index < -0.39 is 37.3 Å². The Bertz CT molecular complexity index is 425. The molecule has 1 fully saturated rings. The van der Waals surface area contributed by atoms with Gasteiger partial charge in [0.25, 0.3) is 0 Å². The van der Waals surface area contributed by atoms with E-state index in [4.69, 9.17) is 14.6 Å². The fraction of sp³-hybridized carbons (Fsp3) is 0.643. The summed E-state index contributed by atoms with van der Waals surface area (Å²) in [5.74, 6) is -0.449. The molecule has 0 aromatic rings. The van der Waals surface area contributed by atoms with Gasteiger partial charge in [-0.3, -0.25) is 4.79 Å². The first-order chi connectivity index (χ1) is 10.5. The van der Waals surface area contributed by atoms with Crippen molar-refractivity contribution in [1.29, 1.82) is 0 Å². The second kappa shape index (κ2) is 7.82. The average molecular weight is 315 g/mol. The first-order valence-electron chi connectivity index (χ1n) is 7.09. The Hall–Kier alpha value is -1.29. The number of aliphatic hydroxyl groups is 4. The highest BCUT2D eigenvalue weighted by Gasteiger charge is 2.43. The van der Waals surface area contributed by atoms with Crippen molar-refractivity contribution in [3.8, 4) is 0 Å². The fourth-order valence-electron chi connectivity index (χ4n) is 2.28. The summed E-state index contributed by atoms with van der Waals surface area (Å²) < 4.78 is 10.4. The molecule has 0 aromatic carbocycles. The zero-order chi connectivity index (χ0) is 16.1. The van der Waals surface area contributed by atoms with Gasteiger partial charge in [0.15, 0.2) is 6.29 Å². The second-order valence-electron chi connectivity index (χ2n) is 5.15. The molecular weight excluding hydrogens is 294 g/mol. The highest BCUT2D eigenvalue weighted by molar-refractivity contribution is 5.83. The molecule has 1 heterocycles. The van der Waals surface area contributed by atoms with Crippen LogP contribution in [0.3, 0.4) is 0 Å². The predicted molar refractivity (Wildman–Crippen MR) is 74.5 cm³/mol. The molecule has 22 heavy (non-hydrogen) atoms. The van der Waals surface area contributed by atoms with Crippen molar-refractivity contribution in [3.05, 3.63) is 24.3 Å². The molecule has 5 atom stereocenters. The largest absolute Gasteiger partial charge is 0.394 e. The second-order valence-corrected chi connectivity index (χ2v) is 5.15. The van der Waals surface area contributed by atoms with E-state index in [1.165, 1.54) is 0 Å². The number of carbonyl (C=O) groups excluding carboxylic acids is 1. The maximum Gasteiger partial charge on any atom is 0.230 e. The molecule has 0 bridgehead atoms. The molecule has 0 aromatic heterocycles. The summed E-state index contributed by atoms with van der Waals surface area (Å²) in [5.41, 5.74) is 0. The molecule has 2 rings (SSSR count). The lowest BCUT2D eigenvalue weighted by Gasteiger charge is -2.39. The Balaban J connectivity index is 1.72. The monoisotopic (exact) mass is 315 g/mol. The summed E-state index contributed by atoms with van der Waals surface area (Å²) in [6.45, 7) is -0.261. The van der Waals surface area contributed by atoms with Gasteiger partial charge < -0.3 is 35.2 Å². The molecule has 0 saturated carbocycles. The molecule has 0 spiro atoms. The third-order valence-corrected chi connectivity index (χ3v) is 3.58. The quantitative estimate of drug-likeness (QED) is 0.347. The topological polar surface area (TPSA) is 128 Å². The van der Waals surface area contributed by atoms with Crippen molar-refractivity contribution in [1.82, 2.24) is 5.32 Å². The van der Waals surface area contributed by atoms with Crippen LogP contribution in [0.5, 0.6) is 0 Å². The van der Waals surface area contributed by atoms with Crippen molar-refractivity contribution >= 4 is 5.91 Å². The Morgan fingerprint density at radius 2 is 1.82 bits per heavy atom. The molecule has 8 heteroatoms. The maximum absolute atomic E-state index is 11.7. The van der Waals surface area contributed by atoms with Gasteiger partial charge in [-0.1, -0.05) is 24.3 Å². The number of nitrogens with one attached hydrogen (secondary N) is 1. The maximum atomic E-state index is 11.7. The summed E-state index contributed by atoms with van der Waals surface area (Å²) in [5, 5.41) is 40.7. The lowest BCUT2D eigenvalue weighted by atomic mass is 9.99. The normalized spacial score (nSPS) is 35.0. The smallest absolute Gasteiger partial charge is 0.230 e. The average Bonchev–Trinajstić information content (AvgIpc) is 3.05. The summed E-state index contributed by atoms with van der Waals surface area (Å²) in [6.07, 6.45) is 0.574. The van der Waals surface area contributed by atoms with Gasteiger partial charge in [0.1, 0.15) is 24.4 Å². The Labute approximate surface area is 127 Å². The minimum atomic E-state index is -1.47. The zero-order valence-corrected chi connectivity index (χ0v) is 11.9. The highest BCUT2D eigenvalue weighted by atomic mass is 16.7. The predicted octanol–water partition coefficient (Wildman–Crippen LogP) is -2.34. The van der Waals surface area contributed by atoms with Crippen molar-refractivity contribution < 1.29 is 34.7 Å². The number of hydrogen-bond acceptors (Lipinski definition) is 7. The Kier molecular flexibility index (Phi) is 6.07. The van der Waals surface area contributed by atoms with E-state index >= 15 is 0 Å². The van der Waals surface area contributed by atoms with Crippen LogP contribution < -0.4 is 5.32 Å². The van der Waals surface area contributed by atoms with Gasteiger partial charge in [0.2, 0.25) is 5.91 Å². The molecule has 1 aliphatic carbocycles. The highest BCUT2D eigenvalue weighted by Crippen LogP contribution is 2.21. The molecule has 1 saturated heterocycles. The zero-order valence-electron chi connectivity index (χ0n) is 11.9. The van der Waals surface area contributed by atoms with Crippen LogP contribution in [0.25, 0.3) is 0 Å². The standard InChI is InChI=1S/C14H21NO7/c16-7-9-10(17)11(18)12(19)14(22-9)21-6-5-15-13(20)8-3-1-2-4-8/h1-4,8-12,14,16-19H,5-7H2,(H,15,20)/t9-,10-,11+,12-,14-/m1/s1. The number of amides is 1. The number of carbonyl (C=O) groups is 1. The van der Waals surface area contributed by atoms with Crippen LogP contribution in [0.1, 0.15) is 0 Å². The molecule has 0 radical (unpaired) electrons. The number of allylic oxidation sites excluding steroid dienone is 2. The van der Waals surface area contributed by atoms with Gasteiger partial charge in [-0.15, -0.1) is 0 Å². The Morgan fingerprint density at radius 1 is 1.14 bits per heavy atom. The van der Waals surface area contributed by atoms with Crippen LogP contribution in [0, 0.1) is 5.92 Å². The van der Waals surface area contributed by atoms with Crippen LogP contribution in [0.2, 0.25) is 0 Å². The first-order valence-corrected chi connectivity index (χ1v) is 7.09. The summed E-state index contributed by atoms with van der Waals surface area (Å²) >= 11 is 0. The van der Waals surface area contributed by atoms with E-state index in [0.29, 0.717) is 0 Å². The van der Waals surface area contributed by atoms with E-state index in [2.05, 4.69) is 5.32 Å². The molecular formula is C14H21NO7. The van der Waals surface area contributed by atoms with Crippen LogP contribution >= 0.6 is 0 Å². The Morgan fingerprint density at radius 3 is 2.45 bits per heavy atom. The minimum Gasteiger partial charge on any atom is -0.394 e. The van der Waals surface area contributed by atoms with Crippen molar-refractivity contribution in [2.75, 3.05) is 19.8 Å². The van der Waals surface area contributed by atoms with Crippen LogP contribution in [-0.4, -0.2) is 76.8 Å². The van der Waals surface area contributed by atoms with Gasteiger partial charge in [0.05, 0.1) is 19.1 Å². The molecule has 2 aliphatic rings. The van der Waals surface area contributed by atoms with Crippen molar-refractivity contribution in [2.45, 2.75) is 30.7 Å². The van der Waals surface area contributed by atoms with E-state index in [1.54, 1.807) is 24.3 Å². The van der Waals surface area contributed by atoms with Crippen LogP contribution in [-0.2, 0) is 14.3 Å². The van der Waals surface area contributed by atoms with Gasteiger partial charge in [-0.25, -0.2) is 0 Å². The van der Waals surface area contributed by atoms with Crippen molar-refractivity contribution in [2.24, 2.45) is 5.92 Å². The molecule has 0 unspecified atom stereocenters. The van der Waals surface area contributed by atoms with E-state index in [1.807, 2.05) is 0 Å². The summed E-state index contributed by atoms with van der Waals surface area (Å²) in [6, 6.07) is 0. The van der Waals surface area contributed by atoms with Crippen LogP contribution in [0.15, 0.2) is 24.3 Å². The molecule has 1 aliphatic heterocycles. The van der Waals surface area contributed by atoms with Crippen molar-refractivity contribution in [3.63, 3.8) is 0 Å². The number of rotatable bonds is 6. The van der Waals surface area contributed by atoms with Gasteiger partial charge in [0, 0.05) is 6.54 Å². The lowest BCUT2D eigenvalue weighted by Crippen LogP contribution is -2.59. The number of ether oxygens (including phenoxy) is 2. The SMILES string of the molecule is O=C(NCCO[C@@H]1O[C@H](CO)[C@@H](O)[C@H](O)[C@H]1O)C1C=CC=C1. The molecule has 124 valence electrons. The molecule has 1 amide bonds. The number of hydrogen-bond donors (Lipinski definition) is 5. The molecule has 8 nitrogen and oxygen atoms in total. The number of aliphatic hydroxyl groups excluding tert-OH is 4. The third-order valence-electron chi connectivity index (χ3n) is 3.58. The van der Waals surface area contributed by atoms with E-state index in [9.17, 15) is 20.1 Å². The molecule has 5 N–H and O–H groups in total. The first kappa shape index (κ1) is 17.1. The fourth-order valence-corrected chi connectivity index (χ4v) is 2.28. The van der Waals surface area contributed by atoms with Gasteiger partial charge >= 0.3 is 0 Å².